The van der Waals surface area contributed by atoms with Gasteiger partial charge in [-0.3, -0.25) is 14.6 Å². The van der Waals surface area contributed by atoms with E-state index >= 15 is 0 Å². The second-order valence-corrected chi connectivity index (χ2v) is 8.48. The minimum atomic E-state index is 0.126. The third kappa shape index (κ3) is 6.71. The summed E-state index contributed by atoms with van der Waals surface area (Å²) < 4.78 is 0. The number of fused-ring (bicyclic) bond motifs is 1. The largest absolute Gasteiger partial charge is 0.359 e. The molecule has 1 saturated heterocycles. The lowest BCUT2D eigenvalue weighted by atomic mass is 9.93. The molecule has 0 unspecified atom stereocenters. The van der Waals surface area contributed by atoms with Crippen LogP contribution in [0.4, 0.5) is 0 Å². The summed E-state index contributed by atoms with van der Waals surface area (Å²) in [5.74, 6) is 1.73. The lowest BCUT2D eigenvalue weighted by Gasteiger charge is -2.34. The predicted octanol–water partition coefficient (Wildman–Crippen LogP) is 2.17. The van der Waals surface area contributed by atoms with Crippen molar-refractivity contribution in [2.45, 2.75) is 52.0 Å². The summed E-state index contributed by atoms with van der Waals surface area (Å²) in [6.45, 7) is 6.92. The van der Waals surface area contributed by atoms with Crippen molar-refractivity contribution in [1.82, 2.24) is 20.4 Å². The van der Waals surface area contributed by atoms with Crippen molar-refractivity contribution in [1.29, 1.82) is 0 Å². The Hall–Kier alpha value is -2.57. The molecule has 2 aliphatic heterocycles. The smallest absolute Gasteiger partial charge is 0.222 e. The van der Waals surface area contributed by atoms with Gasteiger partial charge < -0.3 is 20.4 Å². The van der Waals surface area contributed by atoms with Gasteiger partial charge >= 0.3 is 0 Å². The average molecular weight is 428 g/mol. The molecule has 0 aliphatic carbocycles. The van der Waals surface area contributed by atoms with Crippen LogP contribution in [0.25, 0.3) is 0 Å². The first-order valence-electron chi connectivity index (χ1n) is 11.7. The van der Waals surface area contributed by atoms with Crippen molar-refractivity contribution < 1.29 is 9.59 Å². The van der Waals surface area contributed by atoms with Crippen LogP contribution in [0.2, 0.25) is 0 Å². The van der Waals surface area contributed by atoms with Crippen LogP contribution < -0.4 is 10.6 Å². The van der Waals surface area contributed by atoms with Crippen LogP contribution in [-0.4, -0.2) is 67.3 Å². The third-order valence-electron chi connectivity index (χ3n) is 6.30. The van der Waals surface area contributed by atoms with Crippen molar-refractivity contribution >= 4 is 17.8 Å². The molecule has 0 aromatic heterocycles. The van der Waals surface area contributed by atoms with E-state index in [2.05, 4.69) is 40.7 Å². The van der Waals surface area contributed by atoms with Gasteiger partial charge in [-0.2, -0.15) is 0 Å². The Bertz CT molecular complexity index is 771. The maximum Gasteiger partial charge on any atom is 0.222 e. The van der Waals surface area contributed by atoms with Crippen molar-refractivity contribution in [3.8, 4) is 0 Å². The summed E-state index contributed by atoms with van der Waals surface area (Å²) in [6.07, 6.45) is 4.87. The maximum atomic E-state index is 12.6. The number of hydrogen-bond acceptors (Lipinski definition) is 3. The van der Waals surface area contributed by atoms with E-state index in [0.29, 0.717) is 25.3 Å². The Labute approximate surface area is 186 Å². The van der Waals surface area contributed by atoms with E-state index in [1.807, 2.05) is 11.0 Å². The number of piperidine rings is 1. The lowest BCUT2D eigenvalue weighted by molar-refractivity contribution is -0.132. The van der Waals surface area contributed by atoms with Crippen molar-refractivity contribution in [3.05, 3.63) is 35.4 Å². The molecule has 1 aromatic rings. The summed E-state index contributed by atoms with van der Waals surface area (Å²) in [5, 5.41) is 6.10. The van der Waals surface area contributed by atoms with Crippen LogP contribution in [0.15, 0.2) is 29.3 Å². The van der Waals surface area contributed by atoms with E-state index in [1.165, 1.54) is 11.1 Å². The van der Waals surface area contributed by atoms with E-state index < -0.39 is 0 Å². The van der Waals surface area contributed by atoms with E-state index in [0.717, 1.165) is 64.4 Å². The fraction of sp³-hybridized carbons (Fsp3) is 0.625. The maximum absolute atomic E-state index is 12.6. The first kappa shape index (κ1) is 23.1. The number of benzene rings is 1. The predicted molar refractivity (Wildman–Crippen MR) is 124 cm³/mol. The molecule has 1 aromatic carbocycles. The number of likely N-dealkylation sites (tertiary alicyclic amines) is 1. The van der Waals surface area contributed by atoms with Gasteiger partial charge in [0, 0.05) is 59.2 Å². The fourth-order valence-electron chi connectivity index (χ4n) is 4.42. The van der Waals surface area contributed by atoms with Crippen LogP contribution in [0, 0.1) is 5.92 Å². The number of nitrogens with one attached hydrogen (secondary N) is 2. The number of carbonyl (C=O) groups is 2. The zero-order chi connectivity index (χ0) is 22.1. The zero-order valence-electron chi connectivity index (χ0n) is 19.0. The second-order valence-electron chi connectivity index (χ2n) is 8.48. The Balaban J connectivity index is 1.43. The highest BCUT2D eigenvalue weighted by molar-refractivity contribution is 5.80. The molecule has 2 amide bonds. The molecule has 1 fully saturated rings. The van der Waals surface area contributed by atoms with Crippen LogP contribution >= 0.6 is 0 Å². The minimum Gasteiger partial charge on any atom is -0.359 e. The Morgan fingerprint density at radius 2 is 1.84 bits per heavy atom. The van der Waals surface area contributed by atoms with E-state index in [4.69, 9.17) is 4.99 Å². The van der Waals surface area contributed by atoms with E-state index in [-0.39, 0.29) is 11.8 Å². The minimum absolute atomic E-state index is 0.126. The quantitative estimate of drug-likeness (QED) is 0.397. The molecule has 7 nitrogen and oxygen atoms in total. The molecule has 7 heteroatoms. The highest BCUT2D eigenvalue weighted by Crippen LogP contribution is 2.21. The number of rotatable bonds is 7. The summed E-state index contributed by atoms with van der Waals surface area (Å²) in [4.78, 5) is 33.3. The van der Waals surface area contributed by atoms with Gasteiger partial charge in [-0.25, -0.2) is 0 Å². The topological polar surface area (TPSA) is 77.0 Å². The number of aliphatic imine (C=N–C) groups is 1. The molecule has 0 spiro atoms. The van der Waals surface area contributed by atoms with Gasteiger partial charge in [-0.1, -0.05) is 24.3 Å². The van der Waals surface area contributed by atoms with Gasteiger partial charge in [0.2, 0.25) is 11.8 Å². The monoisotopic (exact) mass is 427 g/mol. The molecule has 0 bridgehead atoms. The average Bonchev–Trinajstić information content (AvgIpc) is 2.81. The van der Waals surface area contributed by atoms with Gasteiger partial charge in [0.25, 0.3) is 0 Å². The number of nitrogens with zero attached hydrogens (tertiary/aromatic N) is 3. The first-order valence-corrected chi connectivity index (χ1v) is 11.7. The lowest BCUT2D eigenvalue weighted by Crippen LogP contribution is -2.46. The highest BCUT2D eigenvalue weighted by Gasteiger charge is 2.23. The summed E-state index contributed by atoms with van der Waals surface area (Å²) in [7, 11) is 1.70. The van der Waals surface area contributed by atoms with E-state index in [1.54, 1.807) is 7.05 Å². The second kappa shape index (κ2) is 11.7. The van der Waals surface area contributed by atoms with Gasteiger partial charge in [0.15, 0.2) is 5.96 Å². The van der Waals surface area contributed by atoms with Gasteiger partial charge in [-0.15, -0.1) is 0 Å². The van der Waals surface area contributed by atoms with Gasteiger partial charge in [0.1, 0.15) is 0 Å². The Morgan fingerprint density at radius 3 is 2.55 bits per heavy atom. The molecule has 2 aliphatic rings. The standard InChI is InChI=1S/C24H37N5O2/c1-3-26-24(28-14-10-19(11-15-28)17-22(30)25-2)27-13-6-9-23(31)29-16-12-20-7-4-5-8-21(20)18-29/h4-5,7-8,19H,3,6,9-18H2,1-2H3,(H,25,30)(H,26,27). The summed E-state index contributed by atoms with van der Waals surface area (Å²) >= 11 is 0. The van der Waals surface area contributed by atoms with Gasteiger partial charge in [-0.05, 0) is 49.7 Å². The molecule has 0 atom stereocenters. The Kier molecular flexibility index (Phi) is 8.74. The zero-order valence-corrected chi connectivity index (χ0v) is 19.0. The van der Waals surface area contributed by atoms with Crippen molar-refractivity contribution in [2.24, 2.45) is 10.9 Å². The van der Waals surface area contributed by atoms with Crippen molar-refractivity contribution in [3.63, 3.8) is 0 Å². The molecule has 31 heavy (non-hydrogen) atoms. The van der Waals surface area contributed by atoms with Crippen molar-refractivity contribution in [2.75, 3.05) is 39.8 Å². The molecule has 2 N–H and O–H groups in total. The highest BCUT2D eigenvalue weighted by atomic mass is 16.2. The first-order chi connectivity index (χ1) is 15.1. The molecule has 0 radical (unpaired) electrons. The molecule has 2 heterocycles. The Morgan fingerprint density at radius 1 is 1.10 bits per heavy atom. The number of hydrogen-bond donors (Lipinski definition) is 2. The molecule has 3 rings (SSSR count). The molecule has 170 valence electrons. The SMILES string of the molecule is CCNC(=NCCCC(=O)N1CCc2ccccc2C1)N1CCC(CC(=O)NC)CC1. The molecular formula is C24H37N5O2. The van der Waals surface area contributed by atoms with Crippen LogP contribution in [-0.2, 0) is 22.6 Å². The molecular weight excluding hydrogens is 390 g/mol. The van der Waals surface area contributed by atoms with E-state index in [9.17, 15) is 9.59 Å². The van der Waals surface area contributed by atoms with Crippen LogP contribution in [0.3, 0.4) is 0 Å². The number of carbonyl (C=O) groups excluding carboxylic acids is 2. The van der Waals surface area contributed by atoms with Gasteiger partial charge in [0.05, 0.1) is 0 Å². The normalized spacial score (nSPS) is 17.3. The number of guanidine groups is 1. The number of amides is 2. The fourth-order valence-corrected chi connectivity index (χ4v) is 4.42. The summed E-state index contributed by atoms with van der Waals surface area (Å²) in [6, 6.07) is 8.40. The van der Waals surface area contributed by atoms with Crippen LogP contribution in [0.5, 0.6) is 0 Å². The molecule has 0 saturated carbocycles. The third-order valence-corrected chi connectivity index (χ3v) is 6.30. The van der Waals surface area contributed by atoms with Crippen LogP contribution in [0.1, 0.15) is 50.2 Å². The summed E-state index contributed by atoms with van der Waals surface area (Å²) in [5.41, 5.74) is 2.64.